The molecule has 146 valence electrons. The molecule has 0 saturated carbocycles. The Morgan fingerprint density at radius 2 is 1.82 bits per heavy atom. The summed E-state index contributed by atoms with van der Waals surface area (Å²) in [5.41, 5.74) is 1.88. The van der Waals surface area contributed by atoms with Gasteiger partial charge in [-0.2, -0.15) is 0 Å². The summed E-state index contributed by atoms with van der Waals surface area (Å²) in [6.07, 6.45) is 1.84. The van der Waals surface area contributed by atoms with Crippen LogP contribution >= 0.6 is 24.0 Å². The third-order valence-electron chi connectivity index (χ3n) is 4.38. The summed E-state index contributed by atoms with van der Waals surface area (Å²) in [5, 5.41) is 0. The van der Waals surface area contributed by atoms with Gasteiger partial charge in [0.1, 0.15) is 15.8 Å². The topological polar surface area (TPSA) is 38.8 Å². The Morgan fingerprint density at radius 3 is 2.50 bits per heavy atom. The fraction of sp³-hybridized carbons (Fsp3) is 0.273. The van der Waals surface area contributed by atoms with Crippen LogP contribution in [0.2, 0.25) is 0 Å². The second-order valence-corrected chi connectivity index (χ2v) is 7.88. The Balaban J connectivity index is 1.89. The van der Waals surface area contributed by atoms with Crippen LogP contribution in [0.15, 0.2) is 53.4 Å². The van der Waals surface area contributed by atoms with E-state index in [-0.39, 0.29) is 11.9 Å². The Bertz CT molecular complexity index is 896. The van der Waals surface area contributed by atoms with Gasteiger partial charge in [0.2, 0.25) is 0 Å². The van der Waals surface area contributed by atoms with E-state index in [1.165, 1.54) is 11.8 Å². The van der Waals surface area contributed by atoms with E-state index in [0.717, 1.165) is 16.9 Å². The van der Waals surface area contributed by atoms with Gasteiger partial charge in [-0.15, -0.1) is 0 Å². The molecule has 1 saturated heterocycles. The lowest BCUT2D eigenvalue weighted by atomic mass is 10.1. The first-order valence-corrected chi connectivity index (χ1v) is 10.5. The molecule has 0 radical (unpaired) electrons. The average molecular weight is 414 g/mol. The van der Waals surface area contributed by atoms with Crippen LogP contribution in [0.1, 0.15) is 37.9 Å². The van der Waals surface area contributed by atoms with Gasteiger partial charge in [0, 0.05) is 11.6 Å². The van der Waals surface area contributed by atoms with E-state index in [1.54, 1.807) is 4.90 Å². The minimum Gasteiger partial charge on any atom is -0.494 e. The molecular formula is C22H23NO3S2. The third-order valence-corrected chi connectivity index (χ3v) is 5.71. The van der Waals surface area contributed by atoms with Crippen LogP contribution in [-0.4, -0.2) is 28.3 Å². The molecule has 1 aliphatic rings. The van der Waals surface area contributed by atoms with Gasteiger partial charge in [0.05, 0.1) is 24.2 Å². The van der Waals surface area contributed by atoms with E-state index in [4.69, 9.17) is 21.7 Å². The Morgan fingerprint density at radius 1 is 1.11 bits per heavy atom. The molecule has 0 spiro atoms. The summed E-state index contributed by atoms with van der Waals surface area (Å²) >= 11 is 6.83. The van der Waals surface area contributed by atoms with Crippen molar-refractivity contribution >= 4 is 40.3 Å². The number of benzene rings is 2. The smallest absolute Gasteiger partial charge is 0.266 e. The Labute approximate surface area is 175 Å². The molecule has 0 aliphatic carbocycles. The summed E-state index contributed by atoms with van der Waals surface area (Å²) in [7, 11) is 0. The van der Waals surface area contributed by atoms with Crippen LogP contribution < -0.4 is 9.47 Å². The van der Waals surface area contributed by atoms with Crippen molar-refractivity contribution in [3.05, 3.63) is 64.6 Å². The molecule has 0 aromatic heterocycles. The molecule has 1 fully saturated rings. The lowest BCUT2D eigenvalue weighted by Gasteiger charge is -2.23. The van der Waals surface area contributed by atoms with Gasteiger partial charge in [-0.1, -0.05) is 54.3 Å². The van der Waals surface area contributed by atoms with Crippen LogP contribution in [0.25, 0.3) is 6.08 Å². The predicted octanol–water partition coefficient (Wildman–Crippen LogP) is 5.45. The summed E-state index contributed by atoms with van der Waals surface area (Å²) in [5.74, 6) is 1.35. The minimum atomic E-state index is -0.119. The molecule has 2 aromatic carbocycles. The van der Waals surface area contributed by atoms with Crippen LogP contribution in [0.3, 0.4) is 0 Å². The molecule has 0 N–H and O–H groups in total. The zero-order valence-corrected chi connectivity index (χ0v) is 17.8. The standard InChI is InChI=1S/C22H23NO3S2/c1-4-25-18-12-11-17(19(14-18)26-5-2)13-20-21(24)23(22(27)28-20)15(3)16-9-7-6-8-10-16/h6-15H,4-5H2,1-3H3/b20-13-/t15-/m0/s1. The highest BCUT2D eigenvalue weighted by atomic mass is 32.2. The number of carbonyl (C=O) groups excluding carboxylic acids is 1. The first kappa shape index (κ1) is 20.4. The molecule has 1 atom stereocenters. The fourth-order valence-corrected chi connectivity index (χ4v) is 4.42. The van der Waals surface area contributed by atoms with Crippen molar-refractivity contribution in [2.24, 2.45) is 0 Å². The molecule has 1 aliphatic heterocycles. The Kier molecular flexibility index (Phi) is 6.75. The first-order valence-electron chi connectivity index (χ1n) is 9.26. The van der Waals surface area contributed by atoms with Crippen molar-refractivity contribution in [1.29, 1.82) is 0 Å². The average Bonchev–Trinajstić information content (AvgIpc) is 2.97. The highest BCUT2D eigenvalue weighted by Gasteiger charge is 2.36. The van der Waals surface area contributed by atoms with Crippen LogP contribution in [-0.2, 0) is 4.79 Å². The molecule has 28 heavy (non-hydrogen) atoms. The van der Waals surface area contributed by atoms with E-state index >= 15 is 0 Å². The van der Waals surface area contributed by atoms with E-state index in [2.05, 4.69) is 0 Å². The van der Waals surface area contributed by atoms with Crippen molar-refractivity contribution in [3.8, 4) is 11.5 Å². The zero-order valence-electron chi connectivity index (χ0n) is 16.2. The van der Waals surface area contributed by atoms with Crippen molar-refractivity contribution in [2.75, 3.05) is 13.2 Å². The number of hydrogen-bond acceptors (Lipinski definition) is 5. The second kappa shape index (κ2) is 9.26. The SMILES string of the molecule is CCOc1ccc(/C=C2\SC(=S)N([C@@H](C)c3ccccc3)C2=O)c(OCC)c1. The number of ether oxygens (including phenoxy) is 2. The maximum absolute atomic E-state index is 13.1. The largest absolute Gasteiger partial charge is 0.494 e. The number of amides is 1. The second-order valence-electron chi connectivity index (χ2n) is 6.20. The summed E-state index contributed by atoms with van der Waals surface area (Å²) in [6.45, 7) is 6.97. The van der Waals surface area contributed by atoms with Gasteiger partial charge in [0.25, 0.3) is 5.91 Å². The molecule has 3 rings (SSSR count). The molecule has 1 amide bonds. The van der Waals surface area contributed by atoms with Crippen molar-refractivity contribution < 1.29 is 14.3 Å². The number of rotatable bonds is 7. The molecular weight excluding hydrogens is 390 g/mol. The van der Waals surface area contributed by atoms with Crippen LogP contribution in [0.4, 0.5) is 0 Å². The normalized spacial score (nSPS) is 16.5. The summed E-state index contributed by atoms with van der Waals surface area (Å²) in [6, 6.07) is 15.4. The highest BCUT2D eigenvalue weighted by molar-refractivity contribution is 8.26. The van der Waals surface area contributed by atoms with Crippen LogP contribution in [0.5, 0.6) is 11.5 Å². The minimum absolute atomic E-state index is 0.0808. The van der Waals surface area contributed by atoms with Crippen LogP contribution in [0, 0.1) is 0 Å². The van der Waals surface area contributed by atoms with E-state index in [0.29, 0.717) is 28.2 Å². The molecule has 6 heteroatoms. The number of thioether (sulfide) groups is 1. The molecule has 4 nitrogen and oxygen atoms in total. The molecule has 0 unspecified atom stereocenters. The maximum atomic E-state index is 13.1. The number of carbonyl (C=O) groups is 1. The summed E-state index contributed by atoms with van der Waals surface area (Å²) < 4.78 is 11.9. The predicted molar refractivity (Wildman–Crippen MR) is 119 cm³/mol. The Hall–Kier alpha value is -2.31. The maximum Gasteiger partial charge on any atom is 0.266 e. The van der Waals surface area contributed by atoms with Crippen molar-refractivity contribution in [1.82, 2.24) is 4.90 Å². The number of hydrogen-bond donors (Lipinski definition) is 0. The van der Waals surface area contributed by atoms with Gasteiger partial charge < -0.3 is 9.47 Å². The lowest BCUT2D eigenvalue weighted by molar-refractivity contribution is -0.123. The quantitative estimate of drug-likeness (QED) is 0.446. The zero-order chi connectivity index (χ0) is 20.1. The summed E-state index contributed by atoms with van der Waals surface area (Å²) in [4.78, 5) is 15.3. The lowest BCUT2D eigenvalue weighted by Crippen LogP contribution is -2.30. The number of nitrogens with zero attached hydrogens (tertiary/aromatic N) is 1. The fourth-order valence-electron chi connectivity index (χ4n) is 3.01. The van der Waals surface area contributed by atoms with E-state index in [1.807, 2.05) is 75.4 Å². The monoisotopic (exact) mass is 413 g/mol. The number of thiocarbonyl (C=S) groups is 1. The van der Waals surface area contributed by atoms with Crippen molar-refractivity contribution in [2.45, 2.75) is 26.8 Å². The van der Waals surface area contributed by atoms with Gasteiger partial charge in [0.15, 0.2) is 0 Å². The van der Waals surface area contributed by atoms with Gasteiger partial charge in [-0.25, -0.2) is 0 Å². The molecule has 0 bridgehead atoms. The third kappa shape index (κ3) is 4.39. The van der Waals surface area contributed by atoms with Gasteiger partial charge >= 0.3 is 0 Å². The first-order chi connectivity index (χ1) is 13.5. The molecule has 2 aromatic rings. The molecule has 1 heterocycles. The van der Waals surface area contributed by atoms with E-state index < -0.39 is 0 Å². The van der Waals surface area contributed by atoms with Gasteiger partial charge in [-0.05, 0) is 44.5 Å². The van der Waals surface area contributed by atoms with Gasteiger partial charge in [-0.3, -0.25) is 9.69 Å². The van der Waals surface area contributed by atoms with Crippen molar-refractivity contribution in [3.63, 3.8) is 0 Å². The highest BCUT2D eigenvalue weighted by Crippen LogP contribution is 2.39. The van der Waals surface area contributed by atoms with E-state index in [9.17, 15) is 4.79 Å².